The number of Topliss-reactive ketones (excluding diaryl/α,β-unsaturated/α-hetero) is 1. The molecule has 0 unspecified atom stereocenters. The van der Waals surface area contributed by atoms with Crippen LogP contribution in [-0.4, -0.2) is 55.4 Å². The van der Waals surface area contributed by atoms with Crippen LogP contribution in [0.3, 0.4) is 0 Å². The number of allylic oxidation sites excluding steroid dienone is 1. The molecule has 9 atom stereocenters. The van der Waals surface area contributed by atoms with Crippen molar-refractivity contribution in [3.05, 3.63) is 64.4 Å². The number of hydrogen-bond acceptors (Lipinski definition) is 5. The monoisotopic (exact) mass is 868 g/mol. The van der Waals surface area contributed by atoms with Gasteiger partial charge in [0.15, 0.2) is 22.4 Å². The molecule has 1 aromatic carbocycles. The van der Waals surface area contributed by atoms with Crippen molar-refractivity contribution in [2.45, 2.75) is 200 Å². The van der Waals surface area contributed by atoms with Crippen molar-refractivity contribution in [1.29, 1.82) is 0 Å². The Morgan fingerprint density at radius 1 is 0.934 bits per heavy atom. The van der Waals surface area contributed by atoms with Crippen molar-refractivity contribution < 1.29 is 28.3 Å². The zero-order valence-corrected chi connectivity index (χ0v) is 42.2. The van der Waals surface area contributed by atoms with Gasteiger partial charge in [0.1, 0.15) is 6.04 Å². The summed E-state index contributed by atoms with van der Waals surface area (Å²) >= 11 is 0. The summed E-state index contributed by atoms with van der Waals surface area (Å²) in [4.78, 5) is 28.0. The van der Waals surface area contributed by atoms with Gasteiger partial charge in [-0.3, -0.25) is 4.79 Å². The maximum absolute atomic E-state index is 15.6. The molecule has 334 valence electrons. The van der Waals surface area contributed by atoms with Crippen LogP contribution in [0.2, 0.25) is 36.3 Å². The fourth-order valence-corrected chi connectivity index (χ4v) is 21.0. The minimum atomic E-state index is -2.16. The van der Waals surface area contributed by atoms with E-state index in [1.54, 1.807) is 0 Å². The Bertz CT molecular complexity index is 2220. The Morgan fingerprint density at radius 3 is 2.11 bits per heavy atom. The molecule has 2 saturated carbocycles. The molecular weight excluding hydrogens is 791 g/mol. The first-order valence-corrected chi connectivity index (χ1v) is 29.2. The first-order chi connectivity index (χ1) is 28.5. The maximum Gasteiger partial charge on any atom is 0.327 e. The van der Waals surface area contributed by atoms with Crippen LogP contribution in [0.25, 0.3) is 16.5 Å². The second-order valence-corrected chi connectivity index (χ2v) is 31.6. The third-order valence-corrected chi connectivity index (χ3v) is 28.0. The third kappa shape index (κ3) is 6.08. The van der Waals surface area contributed by atoms with Crippen LogP contribution in [0, 0.1) is 28.6 Å². The second-order valence-electron chi connectivity index (χ2n) is 22.2. The van der Waals surface area contributed by atoms with Gasteiger partial charge in [-0.05, 0) is 149 Å². The van der Waals surface area contributed by atoms with E-state index in [1.807, 2.05) is 13.0 Å². The average molecular weight is 868 g/mol. The molecule has 3 heterocycles. The number of hydrogen-bond donors (Lipinski definition) is 1. The lowest BCUT2D eigenvalue weighted by Gasteiger charge is -2.65. The zero-order chi connectivity index (χ0) is 44.6. The van der Waals surface area contributed by atoms with Gasteiger partial charge < -0.3 is 23.3 Å². The number of fused-ring (bicyclic) bond motifs is 11. The Morgan fingerprint density at radius 2 is 1.54 bits per heavy atom. The van der Waals surface area contributed by atoms with E-state index >= 15 is 4.79 Å². The Balaban J connectivity index is 1.38. The van der Waals surface area contributed by atoms with Gasteiger partial charge in [-0.1, -0.05) is 80.5 Å². The number of ether oxygens (including phenoxy) is 1. The zero-order valence-electron chi connectivity index (χ0n) is 40.2. The lowest BCUT2D eigenvalue weighted by atomic mass is 9.40. The number of aliphatic carboxylic acids is 1. The summed E-state index contributed by atoms with van der Waals surface area (Å²) in [7, 11) is -4.18. The highest BCUT2D eigenvalue weighted by molar-refractivity contribution is 6.74. The van der Waals surface area contributed by atoms with E-state index < -0.39 is 45.3 Å². The van der Waals surface area contributed by atoms with Crippen molar-refractivity contribution >= 4 is 44.9 Å². The molecule has 0 bridgehead atoms. The highest BCUT2D eigenvalue weighted by Gasteiger charge is 2.68. The molecule has 61 heavy (non-hydrogen) atoms. The van der Waals surface area contributed by atoms with Crippen LogP contribution < -0.4 is 0 Å². The molecule has 8 rings (SSSR count). The smallest absolute Gasteiger partial charge is 0.327 e. The van der Waals surface area contributed by atoms with E-state index in [9.17, 15) is 9.90 Å². The molecule has 6 aliphatic rings. The van der Waals surface area contributed by atoms with E-state index in [0.717, 1.165) is 90.6 Å². The highest BCUT2D eigenvalue weighted by atomic mass is 28.4. The summed E-state index contributed by atoms with van der Waals surface area (Å²) in [5, 5.41) is 11.3. The molecule has 4 aliphatic carbocycles. The predicted molar refractivity (Wildman–Crippen MR) is 253 cm³/mol. The highest BCUT2D eigenvalue weighted by Crippen LogP contribution is 2.72. The number of carbonyl (C=O) groups excluding carboxylic acids is 1. The SMILES string of the molecule is C=C(C)[C@H]1C(=O)c2c3c(cc4c5c(n1c24)[C@@]1(C)[C@@H](CC[C@H]2[C@](C)(/C=C/C(=O)O)[C@@H](O[Si](CC)(CC)CC)CC[C@@]21C)C5)C1=CC(C)(C)OC(C)(C)[C@H]1[C@@H]3O[Si](CC)(CC)CC. The summed E-state index contributed by atoms with van der Waals surface area (Å²) in [6, 6.07) is 8.27. The third-order valence-electron chi connectivity index (χ3n) is 18.8. The van der Waals surface area contributed by atoms with E-state index in [1.165, 1.54) is 33.9 Å². The van der Waals surface area contributed by atoms with Gasteiger partial charge in [0.05, 0.1) is 34.5 Å². The first-order valence-electron chi connectivity index (χ1n) is 24.2. The molecule has 9 heteroatoms. The van der Waals surface area contributed by atoms with Crippen molar-refractivity contribution in [2.24, 2.45) is 28.6 Å². The molecule has 2 fully saturated rings. The Hall–Kier alpha value is -2.57. The number of aromatic nitrogens is 1. The topological polar surface area (TPSA) is 87.0 Å². The van der Waals surface area contributed by atoms with Crippen molar-refractivity contribution in [3.8, 4) is 0 Å². The summed E-state index contributed by atoms with van der Waals surface area (Å²) < 4.78 is 24.6. The largest absolute Gasteiger partial charge is 0.478 e. The summed E-state index contributed by atoms with van der Waals surface area (Å²) in [6.07, 6.45) is 10.4. The lowest BCUT2D eigenvalue weighted by molar-refractivity contribution is -0.141. The standard InChI is InChI=1S/C52H77NO6Si2/c1-16-60(17-2,18-3)57-38-24-27-51(14)37(50(38,13)26-25-39(54)55)23-22-32-28-35-34-29-33-36-30-48(9,10)59-49(11,12)42(36)46(58-61(19-4,20-5)21-6)40(33)41-44(34)53(47(35)52(32,51)15)43(31(7)8)45(41)56/h25-26,29-30,32,37-38,42-43,46H,7,16-24,27-28H2,1-6,8-15H3,(H,54,55)/b26-25+/t32-,37-,38-,42+,43-,46+,50-,51-,52+/m0/s1. The molecule has 0 saturated heterocycles. The normalized spacial score (nSPS) is 34.6. The van der Waals surface area contributed by atoms with Gasteiger partial charge in [-0.25, -0.2) is 4.79 Å². The van der Waals surface area contributed by atoms with Crippen molar-refractivity contribution in [2.75, 3.05) is 0 Å². The van der Waals surface area contributed by atoms with Crippen LogP contribution in [0.5, 0.6) is 0 Å². The molecule has 0 radical (unpaired) electrons. The Labute approximate surface area is 369 Å². The van der Waals surface area contributed by atoms with Gasteiger partial charge >= 0.3 is 5.97 Å². The predicted octanol–water partition coefficient (Wildman–Crippen LogP) is 13.3. The molecule has 0 amide bonds. The number of carbonyl (C=O) groups is 2. The number of nitrogens with zero attached hydrogens (tertiary/aromatic N) is 1. The molecule has 0 spiro atoms. The van der Waals surface area contributed by atoms with E-state index in [-0.39, 0.29) is 40.7 Å². The fraction of sp³-hybridized carbons (Fsp3) is 0.692. The van der Waals surface area contributed by atoms with Crippen LogP contribution >= 0.6 is 0 Å². The van der Waals surface area contributed by atoms with Gasteiger partial charge in [-0.2, -0.15) is 0 Å². The number of benzene rings is 1. The summed E-state index contributed by atoms with van der Waals surface area (Å²) in [5.74, 6) is -0.176. The lowest BCUT2D eigenvalue weighted by Crippen LogP contribution is -2.63. The number of carboxylic acids is 1. The van der Waals surface area contributed by atoms with E-state index in [2.05, 4.69) is 113 Å². The van der Waals surface area contributed by atoms with Gasteiger partial charge in [-0.15, -0.1) is 0 Å². The van der Waals surface area contributed by atoms with Gasteiger partial charge in [0, 0.05) is 39.5 Å². The average Bonchev–Trinajstić information content (AvgIpc) is 3.88. The van der Waals surface area contributed by atoms with Crippen LogP contribution in [0.1, 0.15) is 168 Å². The van der Waals surface area contributed by atoms with E-state index in [4.69, 9.17) is 13.6 Å². The van der Waals surface area contributed by atoms with Crippen LogP contribution in [-0.2, 0) is 30.2 Å². The van der Waals surface area contributed by atoms with Crippen LogP contribution in [0.15, 0.2) is 36.4 Å². The summed E-state index contributed by atoms with van der Waals surface area (Å²) in [6.45, 7) is 36.6. The molecule has 1 N–H and O–H groups in total. The maximum atomic E-state index is 15.6. The van der Waals surface area contributed by atoms with Gasteiger partial charge in [0.25, 0.3) is 0 Å². The first kappa shape index (κ1) is 45.0. The quantitative estimate of drug-likeness (QED) is 0.123. The summed E-state index contributed by atoms with van der Waals surface area (Å²) in [5.41, 5.74) is 7.22. The molecule has 1 aromatic heterocycles. The van der Waals surface area contributed by atoms with Crippen molar-refractivity contribution in [1.82, 2.24) is 4.57 Å². The molecule has 2 aromatic rings. The molecule has 2 aliphatic heterocycles. The van der Waals surface area contributed by atoms with Crippen molar-refractivity contribution in [3.63, 3.8) is 0 Å². The minimum absolute atomic E-state index is 0.0309. The fourth-order valence-electron chi connectivity index (χ4n) is 15.2. The number of carboxylic acid groups (broad SMARTS) is 1. The molecular formula is C52H77NO6Si2. The molecule has 7 nitrogen and oxygen atoms in total. The van der Waals surface area contributed by atoms with Crippen LogP contribution in [0.4, 0.5) is 0 Å². The van der Waals surface area contributed by atoms with Gasteiger partial charge in [0.2, 0.25) is 0 Å². The minimum Gasteiger partial charge on any atom is -0.478 e. The number of rotatable bonds is 13. The number of ketones is 1. The van der Waals surface area contributed by atoms with E-state index in [0.29, 0.717) is 5.92 Å². The Kier molecular flexibility index (Phi) is 10.9. The second kappa shape index (κ2) is 14.7.